The summed E-state index contributed by atoms with van der Waals surface area (Å²) in [7, 11) is 1.58. The molecule has 336 valence electrons. The van der Waals surface area contributed by atoms with E-state index in [1.54, 1.807) is 54.6 Å². The number of H-pyrrole nitrogens is 1. The maximum atomic E-state index is 14.0. The Hall–Kier alpha value is -5.72. The smallest absolute Gasteiger partial charge is 0.405 e. The van der Waals surface area contributed by atoms with Crippen molar-refractivity contribution in [3.63, 3.8) is 0 Å². The van der Waals surface area contributed by atoms with Crippen molar-refractivity contribution in [3.05, 3.63) is 77.3 Å². The van der Waals surface area contributed by atoms with Gasteiger partial charge in [0.25, 0.3) is 5.91 Å². The van der Waals surface area contributed by atoms with Crippen LogP contribution in [0, 0.1) is 11.3 Å². The predicted octanol–water partition coefficient (Wildman–Crippen LogP) is 6.47. The molecule has 0 radical (unpaired) electrons. The van der Waals surface area contributed by atoms with Crippen LogP contribution in [0.1, 0.15) is 62.3 Å². The maximum absolute atomic E-state index is 14.0. The van der Waals surface area contributed by atoms with Gasteiger partial charge in [-0.1, -0.05) is 56.6 Å². The molecule has 0 bridgehead atoms. The zero-order valence-electron chi connectivity index (χ0n) is 35.3. The van der Waals surface area contributed by atoms with Gasteiger partial charge in [-0.25, -0.2) is 9.97 Å². The normalized spacial score (nSPS) is 19.1. The lowest BCUT2D eigenvalue weighted by Crippen LogP contribution is -2.51. The lowest BCUT2D eigenvalue weighted by molar-refractivity contribution is -0.274. The van der Waals surface area contributed by atoms with Gasteiger partial charge in [-0.15, -0.1) is 13.2 Å². The number of amides is 4. The van der Waals surface area contributed by atoms with E-state index in [1.807, 2.05) is 30.6 Å². The molecule has 3 fully saturated rings. The number of anilines is 2. The number of likely N-dealkylation sites (tertiary alicyclic amines) is 1. The van der Waals surface area contributed by atoms with Crippen molar-refractivity contribution in [3.8, 4) is 28.1 Å². The monoisotopic (exact) mass is 894 g/mol. The summed E-state index contributed by atoms with van der Waals surface area (Å²) in [4.78, 5) is 69.4. The molecule has 2 aromatic carbocycles. The van der Waals surface area contributed by atoms with Crippen molar-refractivity contribution in [1.29, 1.82) is 0 Å². The van der Waals surface area contributed by atoms with Crippen molar-refractivity contribution >= 4 is 47.2 Å². The molecule has 0 spiro atoms. The minimum atomic E-state index is -5.06. The Morgan fingerprint density at radius 3 is 2.32 bits per heavy atom. The number of pyridine rings is 1. The summed E-state index contributed by atoms with van der Waals surface area (Å²) in [6, 6.07) is 10.9. The molecule has 3 atom stereocenters. The van der Waals surface area contributed by atoms with Crippen molar-refractivity contribution in [2.75, 3.05) is 63.3 Å². The first kappa shape index (κ1) is 45.3. The van der Waals surface area contributed by atoms with E-state index in [1.165, 1.54) is 12.3 Å². The van der Waals surface area contributed by atoms with Crippen LogP contribution < -0.4 is 20.3 Å². The third kappa shape index (κ3) is 10.6. The maximum Gasteiger partial charge on any atom is 0.573 e. The average molecular weight is 895 g/mol. The fourth-order valence-electron chi connectivity index (χ4n) is 8.26. The quantitative estimate of drug-likeness (QED) is 0.134. The van der Waals surface area contributed by atoms with Gasteiger partial charge in [0.05, 0.1) is 34.1 Å². The summed E-state index contributed by atoms with van der Waals surface area (Å²) in [6.07, 6.45) is 0.0230. The van der Waals surface area contributed by atoms with E-state index in [2.05, 4.69) is 25.3 Å². The van der Waals surface area contributed by atoms with Crippen LogP contribution in [0.15, 0.2) is 60.9 Å². The van der Waals surface area contributed by atoms with Crippen LogP contribution >= 0.6 is 11.6 Å². The van der Waals surface area contributed by atoms with Gasteiger partial charge >= 0.3 is 6.36 Å². The molecule has 4 aromatic rings. The standard InChI is InChI=1S/C44H50ClF3N8O7/c1-43(2,3)42(60)55-15-13-54(14-16-55)37-10-9-29(22-49-37)40(58)53-33-21-36(63-44(46,47)48)31(20-32(33)45)26-5-7-27(8-6-26)34-23-50-39(52-34)35-19-30(61-4)24-56(35)41(59)38(51-25-57)28-11-17-62-18-12-28/h5-10,20-23,25,28,30,35,38H,11-19,24H2,1-4H3,(H,50,52)(H,51,57)(H,53,58). The van der Waals surface area contributed by atoms with Crippen molar-refractivity contribution in [2.45, 2.75) is 64.6 Å². The summed E-state index contributed by atoms with van der Waals surface area (Å²) in [6.45, 7) is 9.17. The number of benzene rings is 2. The Balaban J connectivity index is 1.05. The number of hydrogen-bond donors (Lipinski definition) is 3. The van der Waals surface area contributed by atoms with Gasteiger partial charge in [-0.05, 0) is 42.5 Å². The summed E-state index contributed by atoms with van der Waals surface area (Å²) >= 11 is 6.59. The van der Waals surface area contributed by atoms with Crippen LogP contribution in [-0.4, -0.2) is 120 Å². The Morgan fingerprint density at radius 2 is 1.70 bits per heavy atom. The Kier molecular flexibility index (Phi) is 13.6. The highest BCUT2D eigenvalue weighted by Gasteiger charge is 2.43. The highest BCUT2D eigenvalue weighted by atomic mass is 35.5. The van der Waals surface area contributed by atoms with Crippen molar-refractivity contribution < 1.29 is 46.6 Å². The number of alkyl halides is 3. The highest BCUT2D eigenvalue weighted by Crippen LogP contribution is 2.41. The topological polar surface area (TPSA) is 171 Å². The summed E-state index contributed by atoms with van der Waals surface area (Å²) in [5.74, 6) is -0.337. The first-order valence-corrected chi connectivity index (χ1v) is 21.1. The van der Waals surface area contributed by atoms with E-state index < -0.39 is 35.5 Å². The second-order valence-corrected chi connectivity index (χ2v) is 17.2. The number of carbonyl (C=O) groups is 4. The Morgan fingerprint density at radius 1 is 1.00 bits per heavy atom. The summed E-state index contributed by atoms with van der Waals surface area (Å²) < 4.78 is 56.9. The second-order valence-electron chi connectivity index (χ2n) is 16.8. The molecule has 3 N–H and O–H groups in total. The van der Waals surface area contributed by atoms with Crippen LogP contribution in [-0.2, 0) is 23.9 Å². The number of nitrogens with one attached hydrogen (secondary N) is 3. The number of carbonyl (C=O) groups excluding carboxylic acids is 4. The second kappa shape index (κ2) is 18.9. The SMILES string of the molecule is COC1CC(c2nc(-c3ccc(-c4cc(Cl)c(NC(=O)c5ccc(N6CCN(C(=O)C(C)(C)C)CC6)nc5)cc4OC(F)(F)F)cc3)c[nH]2)N(C(=O)C(NC=O)C2CCOCC2)C1. The molecule has 0 aliphatic carbocycles. The molecule has 0 saturated carbocycles. The zero-order valence-corrected chi connectivity index (χ0v) is 36.1. The number of piperazine rings is 1. The lowest BCUT2D eigenvalue weighted by Gasteiger charge is -2.38. The molecule has 2 aromatic heterocycles. The fourth-order valence-corrected chi connectivity index (χ4v) is 8.47. The number of imidazole rings is 1. The molecular weight excluding hydrogens is 845 g/mol. The predicted molar refractivity (Wildman–Crippen MR) is 228 cm³/mol. The first-order valence-electron chi connectivity index (χ1n) is 20.7. The van der Waals surface area contributed by atoms with Gasteiger partial charge in [0.2, 0.25) is 18.2 Å². The first-order chi connectivity index (χ1) is 30.0. The number of rotatable bonds is 12. The van der Waals surface area contributed by atoms with Crippen LogP contribution in [0.5, 0.6) is 5.75 Å². The average Bonchev–Trinajstić information content (AvgIpc) is 3.94. The molecule has 5 heterocycles. The van der Waals surface area contributed by atoms with E-state index in [9.17, 15) is 32.3 Å². The number of hydrogen-bond acceptors (Lipinski definition) is 10. The number of methoxy groups -OCH3 is 1. The number of nitrogens with zero attached hydrogens (tertiary/aromatic N) is 5. The van der Waals surface area contributed by atoms with Crippen molar-refractivity contribution in [2.24, 2.45) is 11.3 Å². The highest BCUT2D eigenvalue weighted by molar-refractivity contribution is 6.34. The molecule has 3 aliphatic rings. The van der Waals surface area contributed by atoms with Gasteiger partial charge in [-0.2, -0.15) is 0 Å². The van der Waals surface area contributed by atoms with Gasteiger partial charge in [0.15, 0.2) is 0 Å². The summed E-state index contributed by atoms with van der Waals surface area (Å²) in [5, 5.41) is 5.28. The van der Waals surface area contributed by atoms with Crippen LogP contribution in [0.2, 0.25) is 5.02 Å². The third-order valence-electron chi connectivity index (χ3n) is 11.6. The van der Waals surface area contributed by atoms with Gasteiger partial charge in [0.1, 0.15) is 23.4 Å². The minimum Gasteiger partial charge on any atom is -0.405 e. The molecule has 4 amide bonds. The van der Waals surface area contributed by atoms with Crippen LogP contribution in [0.4, 0.5) is 24.7 Å². The Labute approximate surface area is 367 Å². The number of aromatic nitrogens is 3. The van der Waals surface area contributed by atoms with Crippen LogP contribution in [0.3, 0.4) is 0 Å². The molecular formula is C44H50ClF3N8O7. The molecule has 19 heteroatoms. The van der Waals surface area contributed by atoms with E-state index in [0.29, 0.717) is 100 Å². The third-order valence-corrected chi connectivity index (χ3v) is 11.9. The van der Waals surface area contributed by atoms with E-state index >= 15 is 0 Å². The van der Waals surface area contributed by atoms with Gasteiger partial charge in [0, 0.05) is 94.5 Å². The summed E-state index contributed by atoms with van der Waals surface area (Å²) in [5.41, 5.74) is 1.08. The number of aromatic amines is 1. The fraction of sp³-hybridized carbons (Fsp3) is 0.455. The molecule has 63 heavy (non-hydrogen) atoms. The molecule has 3 aliphatic heterocycles. The minimum absolute atomic E-state index is 0.0219. The molecule has 15 nitrogen and oxygen atoms in total. The Bertz CT molecular complexity index is 2270. The molecule has 3 unspecified atom stereocenters. The number of halogens is 4. The van der Waals surface area contributed by atoms with E-state index in [0.717, 1.165) is 6.07 Å². The van der Waals surface area contributed by atoms with Crippen LogP contribution in [0.25, 0.3) is 22.4 Å². The van der Waals surface area contributed by atoms with E-state index in [4.69, 9.17) is 26.1 Å². The van der Waals surface area contributed by atoms with Gasteiger partial charge < -0.3 is 44.5 Å². The van der Waals surface area contributed by atoms with Crippen molar-refractivity contribution in [1.82, 2.24) is 30.1 Å². The van der Waals surface area contributed by atoms with Gasteiger partial charge in [-0.3, -0.25) is 19.2 Å². The number of ether oxygens (including phenoxy) is 3. The largest absolute Gasteiger partial charge is 0.573 e. The van der Waals surface area contributed by atoms with E-state index in [-0.39, 0.29) is 45.7 Å². The molecule has 3 saturated heterocycles. The zero-order chi connectivity index (χ0) is 45.1. The lowest BCUT2D eigenvalue weighted by atomic mass is 9.90. The molecule has 7 rings (SSSR count).